The SMILES string of the molecule is COC(=O)OCCNc1ccc([N+](=O)[O-])cc1C(=O)OC. The van der Waals surface area contributed by atoms with Crippen molar-refractivity contribution >= 4 is 23.5 Å². The Hall–Kier alpha value is -2.84. The summed E-state index contributed by atoms with van der Waals surface area (Å²) in [6.45, 7) is 0.196. The molecule has 114 valence electrons. The van der Waals surface area contributed by atoms with Gasteiger partial charge in [-0.05, 0) is 6.07 Å². The van der Waals surface area contributed by atoms with Crippen molar-refractivity contribution in [2.45, 2.75) is 0 Å². The van der Waals surface area contributed by atoms with E-state index in [9.17, 15) is 19.7 Å². The molecule has 1 rings (SSSR count). The summed E-state index contributed by atoms with van der Waals surface area (Å²) in [6.07, 6.45) is -0.825. The summed E-state index contributed by atoms with van der Waals surface area (Å²) in [6, 6.07) is 3.73. The van der Waals surface area contributed by atoms with Crippen LogP contribution in [0.1, 0.15) is 10.4 Å². The van der Waals surface area contributed by atoms with Crippen LogP contribution in [0.2, 0.25) is 0 Å². The summed E-state index contributed by atoms with van der Waals surface area (Å²) < 4.78 is 13.5. The molecule has 9 heteroatoms. The van der Waals surface area contributed by atoms with E-state index in [4.69, 9.17) is 0 Å². The molecule has 0 saturated carbocycles. The molecule has 0 amide bonds. The highest BCUT2D eigenvalue weighted by Gasteiger charge is 2.17. The average Bonchev–Trinajstić information content (AvgIpc) is 2.50. The molecule has 9 nitrogen and oxygen atoms in total. The molecular weight excluding hydrogens is 284 g/mol. The zero-order valence-electron chi connectivity index (χ0n) is 11.5. The maximum atomic E-state index is 11.6. The molecule has 0 saturated heterocycles. The molecule has 0 heterocycles. The molecule has 1 N–H and O–H groups in total. The Kier molecular flexibility index (Phi) is 5.93. The van der Waals surface area contributed by atoms with Crippen molar-refractivity contribution in [2.75, 3.05) is 32.7 Å². The average molecular weight is 298 g/mol. The molecule has 1 aromatic rings. The maximum absolute atomic E-state index is 11.6. The van der Waals surface area contributed by atoms with E-state index in [-0.39, 0.29) is 24.4 Å². The number of rotatable bonds is 6. The number of anilines is 1. The van der Waals surface area contributed by atoms with Gasteiger partial charge in [0.05, 0.1) is 24.7 Å². The number of methoxy groups -OCH3 is 2. The van der Waals surface area contributed by atoms with Crippen molar-refractivity contribution in [3.63, 3.8) is 0 Å². The van der Waals surface area contributed by atoms with Gasteiger partial charge in [-0.3, -0.25) is 10.1 Å². The lowest BCUT2D eigenvalue weighted by molar-refractivity contribution is -0.384. The second kappa shape index (κ2) is 7.68. The van der Waals surface area contributed by atoms with Crippen molar-refractivity contribution in [3.8, 4) is 0 Å². The van der Waals surface area contributed by atoms with Crippen LogP contribution in [0.15, 0.2) is 18.2 Å². The number of nitro groups is 1. The molecule has 0 aliphatic carbocycles. The minimum atomic E-state index is -0.825. The third-order valence-corrected chi connectivity index (χ3v) is 2.42. The Morgan fingerprint density at radius 3 is 2.57 bits per heavy atom. The maximum Gasteiger partial charge on any atom is 0.508 e. The molecule has 0 bridgehead atoms. The largest absolute Gasteiger partial charge is 0.508 e. The lowest BCUT2D eigenvalue weighted by Gasteiger charge is -2.10. The number of nitrogens with one attached hydrogen (secondary N) is 1. The number of carbonyl (C=O) groups excluding carboxylic acids is 2. The van der Waals surface area contributed by atoms with Crippen LogP contribution in [-0.4, -0.2) is 44.4 Å². The van der Waals surface area contributed by atoms with Crippen LogP contribution in [0.3, 0.4) is 0 Å². The van der Waals surface area contributed by atoms with E-state index >= 15 is 0 Å². The number of esters is 1. The fourth-order valence-corrected chi connectivity index (χ4v) is 1.46. The van der Waals surface area contributed by atoms with Crippen LogP contribution < -0.4 is 5.32 Å². The van der Waals surface area contributed by atoms with E-state index in [1.807, 2.05) is 0 Å². The monoisotopic (exact) mass is 298 g/mol. The van der Waals surface area contributed by atoms with Gasteiger partial charge in [0.1, 0.15) is 6.61 Å². The second-order valence-electron chi connectivity index (χ2n) is 3.71. The second-order valence-corrected chi connectivity index (χ2v) is 3.71. The Bertz CT molecular complexity index is 544. The lowest BCUT2D eigenvalue weighted by atomic mass is 10.1. The minimum Gasteiger partial charge on any atom is -0.465 e. The summed E-state index contributed by atoms with van der Waals surface area (Å²) in [5, 5.41) is 13.5. The molecule has 0 spiro atoms. The van der Waals surface area contributed by atoms with Gasteiger partial charge in [-0.15, -0.1) is 0 Å². The highest BCUT2D eigenvalue weighted by atomic mass is 16.7. The van der Waals surface area contributed by atoms with Crippen LogP contribution in [0.25, 0.3) is 0 Å². The number of benzene rings is 1. The molecule has 0 aromatic heterocycles. The molecular formula is C12H14N2O7. The predicted octanol–water partition coefficient (Wildman–Crippen LogP) is 1.58. The van der Waals surface area contributed by atoms with Crippen molar-refractivity contribution in [1.29, 1.82) is 0 Å². The van der Waals surface area contributed by atoms with E-state index in [2.05, 4.69) is 19.5 Å². The van der Waals surface area contributed by atoms with Gasteiger partial charge in [0.2, 0.25) is 0 Å². The van der Waals surface area contributed by atoms with Gasteiger partial charge in [0.15, 0.2) is 0 Å². The highest BCUT2D eigenvalue weighted by molar-refractivity contribution is 5.96. The van der Waals surface area contributed by atoms with Crippen molar-refractivity contribution in [2.24, 2.45) is 0 Å². The van der Waals surface area contributed by atoms with Gasteiger partial charge in [-0.25, -0.2) is 9.59 Å². The molecule has 0 radical (unpaired) electrons. The number of non-ortho nitro benzene ring substituents is 1. The van der Waals surface area contributed by atoms with E-state index in [1.165, 1.54) is 26.4 Å². The summed E-state index contributed by atoms with van der Waals surface area (Å²) in [5.41, 5.74) is 0.123. The Morgan fingerprint density at radius 2 is 2.00 bits per heavy atom. The Labute approximate surface area is 119 Å². The van der Waals surface area contributed by atoms with Crippen LogP contribution in [0.5, 0.6) is 0 Å². The molecule has 0 fully saturated rings. The van der Waals surface area contributed by atoms with E-state index in [0.717, 1.165) is 6.07 Å². The van der Waals surface area contributed by atoms with Crippen LogP contribution in [0.4, 0.5) is 16.2 Å². The van der Waals surface area contributed by atoms with E-state index in [1.54, 1.807) is 0 Å². The van der Waals surface area contributed by atoms with Gasteiger partial charge in [0.25, 0.3) is 5.69 Å². The van der Waals surface area contributed by atoms with Crippen molar-refractivity contribution < 1.29 is 28.7 Å². The number of ether oxygens (including phenoxy) is 3. The molecule has 0 aliphatic heterocycles. The Balaban J connectivity index is 2.78. The third kappa shape index (κ3) is 4.64. The number of nitro benzene ring substituents is 1. The highest BCUT2D eigenvalue weighted by Crippen LogP contribution is 2.22. The zero-order valence-corrected chi connectivity index (χ0v) is 11.5. The molecule has 0 atom stereocenters. The predicted molar refractivity (Wildman–Crippen MR) is 71.3 cm³/mol. The first-order chi connectivity index (χ1) is 9.99. The molecule has 21 heavy (non-hydrogen) atoms. The van der Waals surface area contributed by atoms with E-state index < -0.39 is 17.0 Å². The van der Waals surface area contributed by atoms with Gasteiger partial charge in [-0.2, -0.15) is 0 Å². The zero-order chi connectivity index (χ0) is 15.8. The summed E-state index contributed by atoms with van der Waals surface area (Å²) >= 11 is 0. The first kappa shape index (κ1) is 16.2. The van der Waals surface area contributed by atoms with Crippen LogP contribution in [0, 0.1) is 10.1 Å². The van der Waals surface area contributed by atoms with Crippen molar-refractivity contribution in [3.05, 3.63) is 33.9 Å². The fraction of sp³-hybridized carbons (Fsp3) is 0.333. The Morgan fingerprint density at radius 1 is 1.29 bits per heavy atom. The fourth-order valence-electron chi connectivity index (χ4n) is 1.46. The number of nitrogens with zero attached hydrogens (tertiary/aromatic N) is 1. The topological polar surface area (TPSA) is 117 Å². The van der Waals surface area contributed by atoms with Crippen LogP contribution in [-0.2, 0) is 14.2 Å². The summed E-state index contributed by atoms with van der Waals surface area (Å²) in [4.78, 5) is 32.4. The normalized spacial score (nSPS) is 9.62. The first-order valence-electron chi connectivity index (χ1n) is 5.81. The van der Waals surface area contributed by atoms with Gasteiger partial charge in [0, 0.05) is 24.4 Å². The lowest BCUT2D eigenvalue weighted by Crippen LogP contribution is -2.15. The standard InChI is InChI=1S/C12H14N2O7/c1-19-11(15)9-7-8(14(17)18)3-4-10(9)13-5-6-21-12(16)20-2/h3-4,7,13H,5-6H2,1-2H3. The van der Waals surface area contributed by atoms with Crippen molar-refractivity contribution in [1.82, 2.24) is 0 Å². The number of hydrogen-bond acceptors (Lipinski definition) is 8. The first-order valence-corrected chi connectivity index (χ1v) is 5.81. The molecule has 0 aliphatic rings. The number of carbonyl (C=O) groups is 2. The van der Waals surface area contributed by atoms with Gasteiger partial charge < -0.3 is 19.5 Å². The molecule has 0 unspecified atom stereocenters. The third-order valence-electron chi connectivity index (χ3n) is 2.42. The summed E-state index contributed by atoms with van der Waals surface area (Å²) in [5.74, 6) is -0.713. The van der Waals surface area contributed by atoms with Crippen LogP contribution >= 0.6 is 0 Å². The number of hydrogen-bond donors (Lipinski definition) is 1. The smallest absolute Gasteiger partial charge is 0.465 e. The van der Waals surface area contributed by atoms with Gasteiger partial charge >= 0.3 is 12.1 Å². The van der Waals surface area contributed by atoms with Gasteiger partial charge in [-0.1, -0.05) is 0 Å². The summed E-state index contributed by atoms with van der Waals surface area (Å²) in [7, 11) is 2.35. The molecule has 1 aromatic carbocycles. The van der Waals surface area contributed by atoms with E-state index in [0.29, 0.717) is 5.69 Å². The quantitative estimate of drug-likeness (QED) is 0.364. The minimum absolute atomic E-state index is 0.00424.